The van der Waals surface area contributed by atoms with Crippen LogP contribution in [0.15, 0.2) is 53.3 Å². The van der Waals surface area contributed by atoms with E-state index in [1.807, 2.05) is 35.2 Å². The molecule has 2 heterocycles. The predicted octanol–water partition coefficient (Wildman–Crippen LogP) is 2.61. The summed E-state index contributed by atoms with van der Waals surface area (Å²) < 4.78 is 13.8. The Bertz CT molecular complexity index is 1130. The molecular weight excluding hydrogens is 396 g/mol. The lowest BCUT2D eigenvalue weighted by molar-refractivity contribution is 0.0706. The number of aryl methyl sites for hydroxylation is 1. The van der Waals surface area contributed by atoms with E-state index in [-0.39, 0.29) is 17.5 Å². The van der Waals surface area contributed by atoms with Crippen molar-refractivity contribution in [3.63, 3.8) is 0 Å². The van der Waals surface area contributed by atoms with Gasteiger partial charge in [0, 0.05) is 26.1 Å². The van der Waals surface area contributed by atoms with Gasteiger partial charge in [-0.05, 0) is 37.1 Å². The second-order valence-corrected chi connectivity index (χ2v) is 7.54. The summed E-state index contributed by atoms with van der Waals surface area (Å²) in [7, 11) is 4.75. The van der Waals surface area contributed by atoms with Gasteiger partial charge in [-0.3, -0.25) is 4.79 Å². The minimum atomic E-state index is -0.166. The van der Waals surface area contributed by atoms with Gasteiger partial charge in [0.1, 0.15) is 5.82 Å². The molecule has 162 valence electrons. The molecule has 1 saturated heterocycles. The van der Waals surface area contributed by atoms with Crippen LogP contribution in [0.5, 0.6) is 11.5 Å². The van der Waals surface area contributed by atoms with Crippen LogP contribution in [0.2, 0.25) is 0 Å². The number of nitrogens with zero attached hydrogens (tertiary/aromatic N) is 4. The highest BCUT2D eigenvalue weighted by atomic mass is 16.5. The summed E-state index contributed by atoms with van der Waals surface area (Å²) in [6, 6.07) is 14.8. The maximum atomic E-state index is 13.2. The Hall–Kier alpha value is -3.55. The number of benzene rings is 2. The van der Waals surface area contributed by atoms with E-state index < -0.39 is 0 Å². The van der Waals surface area contributed by atoms with Gasteiger partial charge < -0.3 is 14.4 Å². The molecule has 8 heteroatoms. The second kappa shape index (κ2) is 8.67. The van der Waals surface area contributed by atoms with Crippen molar-refractivity contribution in [2.45, 2.75) is 18.8 Å². The fourth-order valence-electron chi connectivity index (χ4n) is 4.13. The zero-order valence-corrected chi connectivity index (χ0v) is 17.9. The van der Waals surface area contributed by atoms with Gasteiger partial charge in [-0.25, -0.2) is 14.0 Å². The van der Waals surface area contributed by atoms with Crippen LogP contribution in [0.3, 0.4) is 0 Å². The van der Waals surface area contributed by atoms with Crippen molar-refractivity contribution in [2.75, 3.05) is 27.3 Å². The first-order valence-electron chi connectivity index (χ1n) is 10.3. The Balaban J connectivity index is 1.55. The predicted molar refractivity (Wildman–Crippen MR) is 116 cm³/mol. The SMILES string of the molecule is COc1cccc(C(=O)N2CCC(c3nn(C)c(=O)n3-c3ccccc3)CC2)c1OC. The van der Waals surface area contributed by atoms with Crippen molar-refractivity contribution < 1.29 is 14.3 Å². The Morgan fingerprint density at radius 3 is 2.35 bits per heavy atom. The smallest absolute Gasteiger partial charge is 0.350 e. The third-order valence-electron chi connectivity index (χ3n) is 5.74. The number of ether oxygens (including phenoxy) is 2. The number of piperidine rings is 1. The van der Waals surface area contributed by atoms with Gasteiger partial charge >= 0.3 is 5.69 Å². The van der Waals surface area contributed by atoms with Crippen molar-refractivity contribution in [3.05, 3.63) is 70.4 Å². The van der Waals surface area contributed by atoms with Crippen molar-refractivity contribution in [3.8, 4) is 17.2 Å². The number of hydrogen-bond donors (Lipinski definition) is 0. The average Bonchev–Trinajstić information content (AvgIpc) is 3.12. The quantitative estimate of drug-likeness (QED) is 0.632. The molecule has 0 aliphatic carbocycles. The zero-order chi connectivity index (χ0) is 22.0. The van der Waals surface area contributed by atoms with Crippen molar-refractivity contribution in [1.29, 1.82) is 0 Å². The molecule has 0 saturated carbocycles. The third kappa shape index (κ3) is 3.81. The van der Waals surface area contributed by atoms with E-state index in [4.69, 9.17) is 9.47 Å². The number of aromatic nitrogens is 3. The molecule has 0 radical (unpaired) electrons. The van der Waals surface area contributed by atoms with E-state index in [2.05, 4.69) is 5.10 Å². The topological polar surface area (TPSA) is 78.6 Å². The fraction of sp³-hybridized carbons (Fsp3) is 0.348. The number of hydrogen-bond acceptors (Lipinski definition) is 5. The lowest BCUT2D eigenvalue weighted by Gasteiger charge is -2.32. The summed E-state index contributed by atoms with van der Waals surface area (Å²) in [5.41, 5.74) is 1.12. The standard InChI is InChI=1S/C23H26N4O4/c1-25-23(29)27(17-8-5-4-6-9-17)21(24-25)16-12-14-26(15-13-16)22(28)18-10-7-11-19(30-2)20(18)31-3/h4-11,16H,12-15H2,1-3H3. The van der Waals surface area contributed by atoms with Crippen LogP contribution in [0.1, 0.15) is 34.9 Å². The van der Waals surface area contributed by atoms with E-state index >= 15 is 0 Å². The van der Waals surface area contributed by atoms with Crippen molar-refractivity contribution >= 4 is 5.91 Å². The Kier molecular flexibility index (Phi) is 5.79. The zero-order valence-electron chi connectivity index (χ0n) is 17.9. The number of likely N-dealkylation sites (tertiary alicyclic amines) is 1. The first-order valence-corrected chi connectivity index (χ1v) is 10.3. The molecule has 8 nitrogen and oxygen atoms in total. The molecule has 3 aromatic rings. The molecule has 0 N–H and O–H groups in total. The van der Waals surface area contributed by atoms with Gasteiger partial charge in [0.15, 0.2) is 11.5 Å². The molecule has 0 unspecified atom stereocenters. The largest absolute Gasteiger partial charge is 0.493 e. The van der Waals surface area contributed by atoms with E-state index in [0.717, 1.165) is 24.4 Å². The molecule has 0 spiro atoms. The maximum Gasteiger partial charge on any atom is 0.350 e. The monoisotopic (exact) mass is 422 g/mol. The molecule has 1 amide bonds. The Labute approximate surface area is 180 Å². The summed E-state index contributed by atoms with van der Waals surface area (Å²) in [6.07, 6.45) is 1.45. The van der Waals surface area contributed by atoms with E-state index in [1.54, 1.807) is 36.9 Å². The second-order valence-electron chi connectivity index (χ2n) is 7.54. The van der Waals surface area contributed by atoms with Gasteiger partial charge in [-0.2, -0.15) is 5.10 Å². The molecule has 0 atom stereocenters. The van der Waals surface area contributed by atoms with Gasteiger partial charge in [-0.15, -0.1) is 0 Å². The first-order chi connectivity index (χ1) is 15.0. The van der Waals surface area contributed by atoms with E-state index in [9.17, 15) is 9.59 Å². The number of methoxy groups -OCH3 is 2. The molecule has 1 aliphatic heterocycles. The van der Waals surface area contributed by atoms with Crippen LogP contribution in [0.25, 0.3) is 5.69 Å². The summed E-state index contributed by atoms with van der Waals surface area (Å²) in [6.45, 7) is 1.15. The van der Waals surface area contributed by atoms with Gasteiger partial charge in [0.25, 0.3) is 5.91 Å². The van der Waals surface area contributed by atoms with E-state index in [0.29, 0.717) is 30.2 Å². The molecule has 2 aromatic carbocycles. The molecule has 1 aliphatic rings. The van der Waals surface area contributed by atoms with Crippen LogP contribution in [-0.2, 0) is 7.05 Å². The van der Waals surface area contributed by atoms with Crippen molar-refractivity contribution in [2.24, 2.45) is 7.05 Å². The van der Waals surface area contributed by atoms with Gasteiger partial charge in [-0.1, -0.05) is 24.3 Å². The average molecular weight is 422 g/mol. The Morgan fingerprint density at radius 1 is 1.00 bits per heavy atom. The summed E-state index contributed by atoms with van der Waals surface area (Å²) in [4.78, 5) is 27.7. The number of rotatable bonds is 5. The number of carbonyl (C=O) groups is 1. The van der Waals surface area contributed by atoms with Crippen LogP contribution in [-0.4, -0.2) is 52.5 Å². The molecule has 31 heavy (non-hydrogen) atoms. The number of para-hydroxylation sites is 2. The normalized spacial score (nSPS) is 14.5. The minimum Gasteiger partial charge on any atom is -0.493 e. The maximum absolute atomic E-state index is 13.2. The van der Waals surface area contributed by atoms with Crippen LogP contribution < -0.4 is 15.2 Å². The van der Waals surface area contributed by atoms with Crippen molar-refractivity contribution in [1.82, 2.24) is 19.2 Å². The van der Waals surface area contributed by atoms with Gasteiger partial charge in [0.05, 0.1) is 25.5 Å². The minimum absolute atomic E-state index is 0.0873. The van der Waals surface area contributed by atoms with Gasteiger partial charge in [0.2, 0.25) is 0 Å². The molecule has 0 bridgehead atoms. The summed E-state index contributed by atoms with van der Waals surface area (Å²) in [5, 5.41) is 4.52. The molecule has 1 fully saturated rings. The highest BCUT2D eigenvalue weighted by Gasteiger charge is 2.30. The van der Waals surface area contributed by atoms with Crippen LogP contribution >= 0.6 is 0 Å². The fourth-order valence-corrected chi connectivity index (χ4v) is 4.13. The summed E-state index contributed by atoms with van der Waals surface area (Å²) in [5.74, 6) is 1.72. The van der Waals surface area contributed by atoms with E-state index in [1.165, 1.54) is 11.8 Å². The number of amides is 1. The molecular formula is C23H26N4O4. The molecule has 4 rings (SSSR count). The van der Waals surface area contributed by atoms with Crippen LogP contribution in [0.4, 0.5) is 0 Å². The Morgan fingerprint density at radius 2 is 1.71 bits per heavy atom. The van der Waals surface area contributed by atoms with Crippen LogP contribution in [0, 0.1) is 0 Å². The lowest BCUT2D eigenvalue weighted by atomic mass is 9.95. The summed E-state index contributed by atoms with van der Waals surface area (Å²) >= 11 is 0. The number of carbonyl (C=O) groups excluding carboxylic acids is 1. The highest BCUT2D eigenvalue weighted by Crippen LogP contribution is 2.33. The third-order valence-corrected chi connectivity index (χ3v) is 5.74. The molecule has 1 aromatic heterocycles. The highest BCUT2D eigenvalue weighted by molar-refractivity contribution is 5.97. The first kappa shape index (κ1) is 20.7. The lowest BCUT2D eigenvalue weighted by Crippen LogP contribution is -2.38.